The van der Waals surface area contributed by atoms with Gasteiger partial charge in [-0.15, -0.1) is 0 Å². The molecule has 2 aliphatic heterocycles. The third kappa shape index (κ3) is 7.61. The Morgan fingerprint density at radius 1 is 1.14 bits per heavy atom. The minimum absolute atomic E-state index is 0.0200. The van der Waals surface area contributed by atoms with Crippen molar-refractivity contribution in [1.82, 2.24) is 14.9 Å². The van der Waals surface area contributed by atoms with Gasteiger partial charge in [0.15, 0.2) is 6.29 Å². The van der Waals surface area contributed by atoms with Crippen LogP contribution < -0.4 is 10.6 Å². The number of aliphatic hydroxyl groups is 1. The summed E-state index contributed by atoms with van der Waals surface area (Å²) in [7, 11) is -4.02. The highest BCUT2D eigenvalue weighted by molar-refractivity contribution is 7.89. The van der Waals surface area contributed by atoms with Gasteiger partial charge >= 0.3 is 6.09 Å². The number of rotatable bonds is 14. The number of amides is 1. The highest BCUT2D eigenvalue weighted by atomic mass is 32.2. The van der Waals surface area contributed by atoms with E-state index in [2.05, 4.69) is 10.6 Å². The SMILES string of the molecule is CCNCc1coc2ccc(S(=O)(=O)N(CC(C)C)CC(O)[C@H](Cc3ccccc3)NC(=O)OC3CO[C@H]4OCC[C@@H]34)cc12. The average Bonchev–Trinajstić information content (AvgIpc) is 3.73. The van der Waals surface area contributed by atoms with Crippen molar-refractivity contribution >= 4 is 27.1 Å². The normalized spacial score (nSPS) is 21.5. The van der Waals surface area contributed by atoms with E-state index in [0.29, 0.717) is 24.1 Å². The Balaban J connectivity index is 1.36. The molecule has 1 amide bonds. The number of nitrogens with one attached hydrogen (secondary N) is 2. The van der Waals surface area contributed by atoms with Crippen LogP contribution in [-0.2, 0) is 37.2 Å². The van der Waals surface area contributed by atoms with E-state index in [1.165, 1.54) is 10.4 Å². The predicted octanol–water partition coefficient (Wildman–Crippen LogP) is 3.65. The minimum atomic E-state index is -4.02. The van der Waals surface area contributed by atoms with Gasteiger partial charge < -0.3 is 34.4 Å². The second-order valence-electron chi connectivity index (χ2n) is 11.9. The van der Waals surface area contributed by atoms with E-state index in [4.69, 9.17) is 18.6 Å². The van der Waals surface area contributed by atoms with Gasteiger partial charge in [-0.25, -0.2) is 13.2 Å². The smallest absolute Gasteiger partial charge is 0.407 e. The fourth-order valence-corrected chi connectivity index (χ4v) is 7.45. The molecule has 2 fully saturated rings. The largest absolute Gasteiger partial charge is 0.464 e. The third-order valence-electron chi connectivity index (χ3n) is 8.10. The first-order valence-corrected chi connectivity index (χ1v) is 16.7. The maximum Gasteiger partial charge on any atom is 0.407 e. The van der Waals surface area contributed by atoms with Crippen molar-refractivity contribution in [2.24, 2.45) is 11.8 Å². The van der Waals surface area contributed by atoms with E-state index < -0.39 is 34.4 Å². The Hall–Kier alpha value is -3.00. The first kappa shape index (κ1) is 32.4. The maximum atomic E-state index is 14.1. The van der Waals surface area contributed by atoms with E-state index in [-0.39, 0.29) is 49.1 Å². The lowest BCUT2D eigenvalue weighted by Crippen LogP contribution is -2.51. The molecule has 2 unspecified atom stereocenters. The fourth-order valence-electron chi connectivity index (χ4n) is 5.80. The molecule has 3 heterocycles. The number of furan rings is 1. The number of fused-ring (bicyclic) bond motifs is 2. The van der Waals surface area contributed by atoms with Gasteiger partial charge in [0.25, 0.3) is 0 Å². The van der Waals surface area contributed by atoms with Crippen LogP contribution in [0.1, 0.15) is 38.3 Å². The zero-order valence-electron chi connectivity index (χ0n) is 25.5. The summed E-state index contributed by atoms with van der Waals surface area (Å²) in [6.07, 6.45) is -0.0995. The van der Waals surface area contributed by atoms with Crippen LogP contribution in [0, 0.1) is 11.8 Å². The highest BCUT2D eigenvalue weighted by Crippen LogP contribution is 2.33. The Morgan fingerprint density at radius 2 is 1.93 bits per heavy atom. The van der Waals surface area contributed by atoms with Crippen LogP contribution in [0.2, 0.25) is 0 Å². The summed E-state index contributed by atoms with van der Waals surface area (Å²) < 4.78 is 51.9. The van der Waals surface area contributed by atoms with E-state index in [1.54, 1.807) is 18.4 Å². The molecule has 0 radical (unpaired) electrons. The van der Waals surface area contributed by atoms with Gasteiger partial charge in [-0.3, -0.25) is 0 Å². The first-order valence-electron chi connectivity index (χ1n) is 15.3. The number of ether oxygens (including phenoxy) is 3. The van der Waals surface area contributed by atoms with E-state index in [0.717, 1.165) is 24.1 Å². The van der Waals surface area contributed by atoms with E-state index in [1.807, 2.05) is 51.1 Å². The van der Waals surface area contributed by atoms with Crippen molar-refractivity contribution in [1.29, 1.82) is 0 Å². The molecule has 44 heavy (non-hydrogen) atoms. The quantitative estimate of drug-likeness (QED) is 0.244. The second-order valence-corrected chi connectivity index (χ2v) is 13.8. The number of sulfonamides is 1. The molecule has 2 aromatic carbocycles. The molecule has 5 rings (SSSR count). The molecule has 5 atom stereocenters. The van der Waals surface area contributed by atoms with Gasteiger partial charge in [-0.2, -0.15) is 4.31 Å². The van der Waals surface area contributed by atoms with Crippen molar-refractivity contribution in [3.8, 4) is 0 Å². The summed E-state index contributed by atoms with van der Waals surface area (Å²) in [4.78, 5) is 13.2. The lowest BCUT2D eigenvalue weighted by molar-refractivity contribution is -0.0907. The second kappa shape index (κ2) is 14.4. The van der Waals surface area contributed by atoms with Crippen LogP contribution in [0.4, 0.5) is 4.79 Å². The van der Waals surface area contributed by atoms with Crippen LogP contribution in [0.15, 0.2) is 64.1 Å². The number of carbonyl (C=O) groups excluding carboxylic acids is 1. The molecule has 240 valence electrons. The predicted molar refractivity (Wildman–Crippen MR) is 164 cm³/mol. The van der Waals surface area contributed by atoms with Gasteiger partial charge in [0.1, 0.15) is 11.7 Å². The molecule has 12 heteroatoms. The van der Waals surface area contributed by atoms with Crippen LogP contribution in [0.3, 0.4) is 0 Å². The van der Waals surface area contributed by atoms with Crippen LogP contribution in [0.5, 0.6) is 0 Å². The molecular formula is C32H43N3O8S. The zero-order chi connectivity index (χ0) is 31.3. The summed E-state index contributed by atoms with van der Waals surface area (Å²) >= 11 is 0. The van der Waals surface area contributed by atoms with Gasteiger partial charge in [-0.05, 0) is 49.1 Å². The number of hydrogen-bond donors (Lipinski definition) is 3. The molecule has 1 aromatic heterocycles. The molecule has 0 aliphatic carbocycles. The molecule has 0 bridgehead atoms. The Kier molecular flexibility index (Phi) is 10.6. The van der Waals surface area contributed by atoms with Gasteiger partial charge in [0.2, 0.25) is 10.0 Å². The fraction of sp³-hybridized carbons (Fsp3) is 0.531. The Bertz CT molecular complexity index is 1500. The summed E-state index contributed by atoms with van der Waals surface area (Å²) in [6.45, 7) is 7.90. The molecule has 2 saturated heterocycles. The van der Waals surface area contributed by atoms with E-state index >= 15 is 0 Å². The number of hydrogen-bond acceptors (Lipinski definition) is 9. The number of nitrogens with zero attached hydrogens (tertiary/aromatic N) is 1. The van der Waals surface area contributed by atoms with Crippen LogP contribution >= 0.6 is 0 Å². The Labute approximate surface area is 258 Å². The Morgan fingerprint density at radius 3 is 2.68 bits per heavy atom. The van der Waals surface area contributed by atoms with Crippen molar-refractivity contribution in [2.45, 2.75) is 69.6 Å². The number of benzene rings is 2. The highest BCUT2D eigenvalue weighted by Gasteiger charge is 2.44. The minimum Gasteiger partial charge on any atom is -0.464 e. The molecule has 2 aliphatic rings. The molecule has 11 nitrogen and oxygen atoms in total. The summed E-state index contributed by atoms with van der Waals surface area (Å²) in [5.74, 6) is -0.0517. The van der Waals surface area contributed by atoms with Crippen molar-refractivity contribution in [2.75, 3.05) is 32.8 Å². The van der Waals surface area contributed by atoms with Crippen molar-refractivity contribution in [3.63, 3.8) is 0 Å². The number of aliphatic hydroxyl groups excluding tert-OH is 1. The maximum absolute atomic E-state index is 14.1. The lowest BCUT2D eigenvalue weighted by Gasteiger charge is -2.31. The molecule has 3 aromatic rings. The van der Waals surface area contributed by atoms with Crippen molar-refractivity contribution in [3.05, 3.63) is 65.9 Å². The summed E-state index contributed by atoms with van der Waals surface area (Å²) in [5, 5.41) is 18.3. The van der Waals surface area contributed by atoms with Gasteiger partial charge in [0.05, 0.1) is 42.4 Å². The molecule has 0 spiro atoms. The third-order valence-corrected chi connectivity index (χ3v) is 9.93. The topological polar surface area (TPSA) is 140 Å². The molecular weight excluding hydrogens is 586 g/mol. The van der Waals surface area contributed by atoms with Crippen LogP contribution in [-0.4, -0.2) is 81.3 Å². The molecule has 0 saturated carbocycles. The summed E-state index contributed by atoms with van der Waals surface area (Å²) in [5.41, 5.74) is 2.34. The number of carbonyl (C=O) groups is 1. The standard InChI is InChI=1S/C32H43N3O8S/c1-4-33-16-23-19-41-29-11-10-24(15-26(23)29)44(38,39)35(17-21(2)3)18-28(36)27(14-22-8-6-5-7-9-22)34-32(37)43-30-20-42-31-25(30)12-13-40-31/h5-11,15,19,21,25,27-28,30-31,33,36H,4,12-14,16-18,20H2,1-3H3,(H,34,37)/t25-,27-,28?,30?,31+/m0/s1. The first-order chi connectivity index (χ1) is 21.2. The van der Waals surface area contributed by atoms with Gasteiger partial charge in [0, 0.05) is 30.6 Å². The molecule has 3 N–H and O–H groups in total. The number of alkyl carbamates (subject to hydrolysis) is 1. The zero-order valence-corrected chi connectivity index (χ0v) is 26.3. The average molecular weight is 630 g/mol. The van der Waals surface area contributed by atoms with Gasteiger partial charge in [-0.1, -0.05) is 51.1 Å². The lowest BCUT2D eigenvalue weighted by atomic mass is 10.0. The van der Waals surface area contributed by atoms with E-state index in [9.17, 15) is 18.3 Å². The summed E-state index contributed by atoms with van der Waals surface area (Å²) in [6, 6.07) is 13.4. The van der Waals surface area contributed by atoms with Crippen molar-refractivity contribution < 1.29 is 36.9 Å². The van der Waals surface area contributed by atoms with Crippen LogP contribution in [0.25, 0.3) is 11.0 Å². The monoisotopic (exact) mass is 629 g/mol.